The lowest BCUT2D eigenvalue weighted by atomic mass is 10.2. The first kappa shape index (κ1) is 15.2. The highest BCUT2D eigenvalue weighted by Gasteiger charge is 2.27. The van der Waals surface area contributed by atoms with E-state index in [1.165, 1.54) is 55.6 Å². The summed E-state index contributed by atoms with van der Waals surface area (Å²) in [6.45, 7) is 2.29. The summed E-state index contributed by atoms with van der Waals surface area (Å²) in [5.41, 5.74) is 8.89. The number of rotatable bonds is 3. The van der Waals surface area contributed by atoms with E-state index in [0.29, 0.717) is 6.04 Å². The largest absolute Gasteiger partial charge is 0.356 e. The fourth-order valence-electron chi connectivity index (χ4n) is 4.36. The molecule has 3 aliphatic rings. The van der Waals surface area contributed by atoms with Crippen LogP contribution in [-0.4, -0.2) is 35.1 Å². The lowest BCUT2D eigenvalue weighted by Crippen LogP contribution is -2.36. The molecule has 0 amide bonds. The van der Waals surface area contributed by atoms with Crippen molar-refractivity contribution in [1.29, 1.82) is 0 Å². The van der Waals surface area contributed by atoms with Crippen LogP contribution in [0.1, 0.15) is 62.6 Å². The third-order valence-electron chi connectivity index (χ3n) is 5.70. The molecule has 126 valence electrons. The van der Waals surface area contributed by atoms with Gasteiger partial charge in [-0.3, -0.25) is 0 Å². The number of aromatic nitrogens is 2. The van der Waals surface area contributed by atoms with Gasteiger partial charge in [-0.05, 0) is 51.4 Å². The van der Waals surface area contributed by atoms with Crippen LogP contribution in [0.25, 0.3) is 0 Å². The summed E-state index contributed by atoms with van der Waals surface area (Å²) in [6.07, 6.45) is 12.2. The van der Waals surface area contributed by atoms with E-state index in [-0.39, 0.29) is 6.04 Å². The Kier molecular flexibility index (Phi) is 4.38. The molecular weight excluding hydrogens is 286 g/mol. The van der Waals surface area contributed by atoms with Crippen molar-refractivity contribution in [2.75, 3.05) is 23.3 Å². The molecule has 1 saturated heterocycles. The Morgan fingerprint density at radius 1 is 0.913 bits per heavy atom. The zero-order valence-corrected chi connectivity index (χ0v) is 14.1. The number of hydrogen-bond donors (Lipinski definition) is 2. The molecule has 2 unspecified atom stereocenters. The quantitative estimate of drug-likeness (QED) is 0.897. The van der Waals surface area contributed by atoms with E-state index < -0.39 is 0 Å². The fourth-order valence-corrected chi connectivity index (χ4v) is 4.36. The summed E-state index contributed by atoms with van der Waals surface area (Å²) in [6, 6.07) is 0.583. The molecule has 0 aromatic carbocycles. The minimum Gasteiger partial charge on any atom is -0.356 e. The molecule has 2 fully saturated rings. The van der Waals surface area contributed by atoms with E-state index in [0.717, 1.165) is 44.7 Å². The molecule has 3 N–H and O–H groups in total. The monoisotopic (exact) mass is 315 g/mol. The molecule has 2 heterocycles. The van der Waals surface area contributed by atoms with Crippen molar-refractivity contribution in [3.63, 3.8) is 0 Å². The highest BCUT2D eigenvalue weighted by molar-refractivity contribution is 5.54. The van der Waals surface area contributed by atoms with Crippen LogP contribution >= 0.6 is 0 Å². The summed E-state index contributed by atoms with van der Waals surface area (Å²) in [7, 11) is 0. The summed E-state index contributed by atoms with van der Waals surface area (Å²) in [5.74, 6) is 2.02. The molecule has 1 aliphatic heterocycles. The van der Waals surface area contributed by atoms with E-state index in [9.17, 15) is 0 Å². The lowest BCUT2D eigenvalue weighted by Gasteiger charge is -2.25. The molecule has 1 aromatic heterocycles. The van der Waals surface area contributed by atoms with Crippen molar-refractivity contribution in [3.8, 4) is 0 Å². The average molecular weight is 315 g/mol. The van der Waals surface area contributed by atoms with Gasteiger partial charge in [-0.2, -0.15) is 4.98 Å². The zero-order valence-electron chi connectivity index (χ0n) is 14.1. The molecule has 0 bridgehead atoms. The summed E-state index contributed by atoms with van der Waals surface area (Å²) in [5, 5.41) is 3.54. The molecule has 2 aliphatic carbocycles. The third kappa shape index (κ3) is 3.16. The Labute approximate surface area is 139 Å². The number of anilines is 2. The Morgan fingerprint density at radius 2 is 1.74 bits per heavy atom. The van der Waals surface area contributed by atoms with E-state index >= 15 is 0 Å². The van der Waals surface area contributed by atoms with Crippen LogP contribution in [0.5, 0.6) is 0 Å². The Morgan fingerprint density at radius 3 is 2.48 bits per heavy atom. The van der Waals surface area contributed by atoms with Crippen molar-refractivity contribution < 1.29 is 0 Å². The van der Waals surface area contributed by atoms with Gasteiger partial charge in [-0.1, -0.05) is 12.8 Å². The van der Waals surface area contributed by atoms with Gasteiger partial charge in [-0.15, -0.1) is 0 Å². The van der Waals surface area contributed by atoms with Crippen LogP contribution in [0.4, 0.5) is 11.8 Å². The van der Waals surface area contributed by atoms with Gasteiger partial charge in [0, 0.05) is 30.7 Å². The topological polar surface area (TPSA) is 67.1 Å². The van der Waals surface area contributed by atoms with Crippen molar-refractivity contribution >= 4 is 11.8 Å². The van der Waals surface area contributed by atoms with E-state index in [4.69, 9.17) is 15.7 Å². The van der Waals surface area contributed by atoms with Gasteiger partial charge in [0.2, 0.25) is 5.95 Å². The van der Waals surface area contributed by atoms with Crippen LogP contribution < -0.4 is 16.0 Å². The number of aryl methyl sites for hydroxylation is 1. The smallest absolute Gasteiger partial charge is 0.225 e. The predicted octanol–water partition coefficient (Wildman–Crippen LogP) is 2.64. The number of nitrogens with one attached hydrogen (secondary N) is 1. The van der Waals surface area contributed by atoms with Gasteiger partial charge >= 0.3 is 0 Å². The molecule has 2 atom stereocenters. The predicted molar refractivity (Wildman–Crippen MR) is 94.0 cm³/mol. The molecule has 5 nitrogen and oxygen atoms in total. The van der Waals surface area contributed by atoms with Gasteiger partial charge in [0.1, 0.15) is 5.82 Å². The SMILES string of the molecule is NC1CCCC1Nc1nc2c(c(N3CCCCCC3)n1)CCC2. The maximum Gasteiger partial charge on any atom is 0.225 e. The van der Waals surface area contributed by atoms with Gasteiger partial charge in [0.25, 0.3) is 0 Å². The normalized spacial score (nSPS) is 27.8. The second-order valence-corrected chi connectivity index (χ2v) is 7.40. The first-order chi connectivity index (χ1) is 11.3. The Bertz CT molecular complexity index is 551. The first-order valence-electron chi connectivity index (χ1n) is 9.48. The Balaban J connectivity index is 1.61. The number of nitrogens with zero attached hydrogens (tertiary/aromatic N) is 3. The molecule has 1 aromatic rings. The summed E-state index contributed by atoms with van der Waals surface area (Å²) in [4.78, 5) is 12.3. The van der Waals surface area contributed by atoms with Crippen molar-refractivity contribution in [2.24, 2.45) is 5.73 Å². The second kappa shape index (κ2) is 6.63. The first-order valence-corrected chi connectivity index (χ1v) is 9.48. The van der Waals surface area contributed by atoms with Gasteiger partial charge in [0.15, 0.2) is 0 Å². The van der Waals surface area contributed by atoms with Crippen LogP contribution in [0, 0.1) is 0 Å². The maximum atomic E-state index is 6.21. The summed E-state index contributed by atoms with van der Waals surface area (Å²) < 4.78 is 0. The van der Waals surface area contributed by atoms with Gasteiger partial charge in [-0.25, -0.2) is 4.98 Å². The van der Waals surface area contributed by atoms with Crippen LogP contribution in [0.15, 0.2) is 0 Å². The van der Waals surface area contributed by atoms with Crippen molar-refractivity contribution in [2.45, 2.75) is 76.3 Å². The minimum absolute atomic E-state index is 0.244. The average Bonchev–Trinajstić information content (AvgIpc) is 3.08. The van der Waals surface area contributed by atoms with Crippen molar-refractivity contribution in [3.05, 3.63) is 11.3 Å². The van der Waals surface area contributed by atoms with E-state index in [2.05, 4.69) is 10.2 Å². The molecule has 0 radical (unpaired) electrons. The van der Waals surface area contributed by atoms with Crippen molar-refractivity contribution in [1.82, 2.24) is 9.97 Å². The van der Waals surface area contributed by atoms with Gasteiger partial charge < -0.3 is 16.0 Å². The second-order valence-electron chi connectivity index (χ2n) is 7.40. The molecule has 0 spiro atoms. The third-order valence-corrected chi connectivity index (χ3v) is 5.70. The summed E-state index contributed by atoms with van der Waals surface area (Å²) >= 11 is 0. The zero-order chi connectivity index (χ0) is 15.6. The van der Waals surface area contributed by atoms with E-state index in [1.54, 1.807) is 0 Å². The fraction of sp³-hybridized carbons (Fsp3) is 0.778. The number of fused-ring (bicyclic) bond motifs is 1. The number of nitrogens with two attached hydrogens (primary N) is 1. The molecule has 1 saturated carbocycles. The highest BCUT2D eigenvalue weighted by Crippen LogP contribution is 2.32. The Hall–Kier alpha value is -1.36. The molecule has 4 rings (SSSR count). The van der Waals surface area contributed by atoms with Crippen LogP contribution in [0.3, 0.4) is 0 Å². The van der Waals surface area contributed by atoms with E-state index in [1.807, 2.05) is 0 Å². The standard InChI is InChI=1S/C18H29N5/c19-14-8-6-10-16(14)21-18-20-15-9-5-7-13(15)17(22-18)23-11-3-1-2-4-12-23/h14,16H,1-12,19H2,(H,20,21,22). The molecule has 5 heteroatoms. The highest BCUT2D eigenvalue weighted by atomic mass is 15.2. The minimum atomic E-state index is 0.244. The van der Waals surface area contributed by atoms with Gasteiger partial charge in [0.05, 0.1) is 5.69 Å². The maximum absolute atomic E-state index is 6.21. The molecular formula is C18H29N5. The van der Waals surface area contributed by atoms with Crippen LogP contribution in [-0.2, 0) is 12.8 Å². The van der Waals surface area contributed by atoms with Crippen LogP contribution in [0.2, 0.25) is 0 Å². The molecule has 23 heavy (non-hydrogen) atoms. The number of hydrogen-bond acceptors (Lipinski definition) is 5. The lowest BCUT2D eigenvalue weighted by molar-refractivity contribution is 0.631.